The van der Waals surface area contributed by atoms with Gasteiger partial charge < -0.3 is 10.1 Å². The number of hydrogen-bond acceptors (Lipinski definition) is 6. The van der Waals surface area contributed by atoms with E-state index in [1.165, 1.54) is 4.88 Å². The van der Waals surface area contributed by atoms with Crippen LogP contribution in [0.25, 0.3) is 10.2 Å². The van der Waals surface area contributed by atoms with Gasteiger partial charge in [-0.05, 0) is 29.8 Å². The van der Waals surface area contributed by atoms with Gasteiger partial charge in [0.2, 0.25) is 11.8 Å². The van der Waals surface area contributed by atoms with Crippen LogP contribution in [-0.2, 0) is 6.42 Å². The molecule has 0 aromatic carbocycles. The smallest absolute Gasteiger partial charge is 0.227 e. The maximum atomic E-state index is 5.86. The number of hydrogen-bond donors (Lipinski definition) is 1. The second-order valence-corrected chi connectivity index (χ2v) is 6.13. The first-order chi connectivity index (χ1) is 9.86. The number of fused-ring (bicyclic) bond motifs is 1. The van der Waals surface area contributed by atoms with Gasteiger partial charge in [-0.2, -0.15) is 4.98 Å². The summed E-state index contributed by atoms with van der Waals surface area (Å²) in [6.45, 7) is 3.46. The molecule has 3 heterocycles. The zero-order valence-electron chi connectivity index (χ0n) is 11.1. The number of anilines is 1. The molecule has 104 valence electrons. The Hall–Kier alpha value is -1.66. The largest absolute Gasteiger partial charge is 0.477 e. The highest BCUT2D eigenvalue weighted by molar-refractivity contribution is 7.16. The standard InChI is InChI=1S/C14H15N3OS2/c1-2-15-14-16-12(11-6-9-20-13(11)17-14)18-7-5-10-4-3-8-19-10/h3-4,6,8-9H,2,5,7H2,1H3,(H,15,16,17). The Morgan fingerprint density at radius 1 is 1.20 bits per heavy atom. The van der Waals surface area contributed by atoms with E-state index in [0.29, 0.717) is 18.4 Å². The van der Waals surface area contributed by atoms with Gasteiger partial charge in [-0.3, -0.25) is 0 Å². The molecule has 0 atom stereocenters. The fourth-order valence-electron chi connectivity index (χ4n) is 1.88. The van der Waals surface area contributed by atoms with Crippen LogP contribution in [0.5, 0.6) is 5.88 Å². The Bertz CT molecular complexity index is 679. The number of ether oxygens (including phenoxy) is 1. The van der Waals surface area contributed by atoms with Crippen molar-refractivity contribution < 1.29 is 4.74 Å². The first-order valence-corrected chi connectivity index (χ1v) is 8.27. The van der Waals surface area contributed by atoms with Crippen molar-refractivity contribution >= 4 is 38.8 Å². The molecule has 0 aliphatic heterocycles. The van der Waals surface area contributed by atoms with E-state index >= 15 is 0 Å². The van der Waals surface area contributed by atoms with Crippen LogP contribution in [0, 0.1) is 0 Å². The molecule has 6 heteroatoms. The fraction of sp³-hybridized carbons (Fsp3) is 0.286. The molecule has 3 aromatic rings. The average Bonchev–Trinajstić information content (AvgIpc) is 3.09. The molecule has 3 rings (SSSR count). The van der Waals surface area contributed by atoms with E-state index in [1.807, 2.05) is 18.4 Å². The summed E-state index contributed by atoms with van der Waals surface area (Å²) in [4.78, 5) is 11.2. The fourth-order valence-corrected chi connectivity index (χ4v) is 3.32. The van der Waals surface area contributed by atoms with Crippen LogP contribution in [0.4, 0.5) is 5.95 Å². The molecule has 0 saturated heterocycles. The minimum Gasteiger partial charge on any atom is -0.477 e. The lowest BCUT2D eigenvalue weighted by atomic mass is 10.3. The third kappa shape index (κ3) is 2.91. The van der Waals surface area contributed by atoms with E-state index in [9.17, 15) is 0 Å². The van der Waals surface area contributed by atoms with Crippen LogP contribution in [0.2, 0.25) is 0 Å². The van der Waals surface area contributed by atoms with Crippen LogP contribution in [0.3, 0.4) is 0 Å². The molecule has 0 spiro atoms. The Morgan fingerprint density at radius 2 is 2.15 bits per heavy atom. The number of rotatable bonds is 6. The molecule has 0 bridgehead atoms. The normalized spacial score (nSPS) is 10.8. The lowest BCUT2D eigenvalue weighted by molar-refractivity contribution is 0.315. The van der Waals surface area contributed by atoms with Crippen molar-refractivity contribution in [1.82, 2.24) is 9.97 Å². The van der Waals surface area contributed by atoms with Crippen molar-refractivity contribution in [3.8, 4) is 5.88 Å². The summed E-state index contributed by atoms with van der Waals surface area (Å²) < 4.78 is 5.86. The highest BCUT2D eigenvalue weighted by atomic mass is 32.1. The molecule has 4 nitrogen and oxygen atoms in total. The quantitative estimate of drug-likeness (QED) is 0.752. The molecule has 3 aromatic heterocycles. The van der Waals surface area contributed by atoms with E-state index in [-0.39, 0.29) is 0 Å². The van der Waals surface area contributed by atoms with E-state index in [0.717, 1.165) is 23.2 Å². The topological polar surface area (TPSA) is 47.0 Å². The Labute approximate surface area is 125 Å². The summed E-state index contributed by atoms with van der Waals surface area (Å²) in [5.41, 5.74) is 0. The third-order valence-corrected chi connectivity index (χ3v) is 4.54. The van der Waals surface area contributed by atoms with Gasteiger partial charge in [-0.1, -0.05) is 6.07 Å². The molecule has 0 radical (unpaired) electrons. The van der Waals surface area contributed by atoms with Crippen LogP contribution in [0.15, 0.2) is 29.0 Å². The molecule has 0 fully saturated rings. The predicted molar refractivity (Wildman–Crippen MR) is 85.1 cm³/mol. The zero-order valence-corrected chi connectivity index (χ0v) is 12.8. The summed E-state index contributed by atoms with van der Waals surface area (Å²) in [6, 6.07) is 6.19. The highest BCUT2D eigenvalue weighted by Gasteiger charge is 2.09. The van der Waals surface area contributed by atoms with E-state index in [1.54, 1.807) is 22.7 Å². The van der Waals surface area contributed by atoms with Gasteiger partial charge in [0.1, 0.15) is 4.83 Å². The second-order valence-electron chi connectivity index (χ2n) is 4.20. The van der Waals surface area contributed by atoms with Gasteiger partial charge in [0.15, 0.2) is 0 Å². The lowest BCUT2D eigenvalue weighted by Crippen LogP contribution is -2.06. The molecular weight excluding hydrogens is 290 g/mol. The number of aromatic nitrogens is 2. The first-order valence-electron chi connectivity index (χ1n) is 6.51. The van der Waals surface area contributed by atoms with Crippen molar-refractivity contribution in [3.05, 3.63) is 33.8 Å². The van der Waals surface area contributed by atoms with Crippen molar-refractivity contribution in [2.75, 3.05) is 18.5 Å². The van der Waals surface area contributed by atoms with Gasteiger partial charge in [0.05, 0.1) is 12.0 Å². The Morgan fingerprint density at radius 3 is 2.95 bits per heavy atom. The van der Waals surface area contributed by atoms with Gasteiger partial charge in [-0.25, -0.2) is 4.98 Å². The van der Waals surface area contributed by atoms with E-state index in [4.69, 9.17) is 4.74 Å². The maximum absolute atomic E-state index is 5.86. The average molecular weight is 305 g/mol. The van der Waals surface area contributed by atoms with E-state index in [2.05, 4.69) is 32.8 Å². The SMILES string of the molecule is CCNc1nc(OCCc2cccs2)c2ccsc2n1. The number of nitrogens with one attached hydrogen (secondary N) is 1. The summed E-state index contributed by atoms with van der Waals surface area (Å²) >= 11 is 3.36. The van der Waals surface area contributed by atoms with Crippen LogP contribution in [0.1, 0.15) is 11.8 Å². The predicted octanol–water partition coefficient (Wildman–Crippen LogP) is 3.81. The highest BCUT2D eigenvalue weighted by Crippen LogP contribution is 2.28. The summed E-state index contributed by atoms with van der Waals surface area (Å²) in [7, 11) is 0. The van der Waals surface area contributed by atoms with Crippen LogP contribution >= 0.6 is 22.7 Å². The van der Waals surface area contributed by atoms with E-state index < -0.39 is 0 Å². The molecule has 1 N–H and O–H groups in total. The van der Waals surface area contributed by atoms with Crippen molar-refractivity contribution in [2.45, 2.75) is 13.3 Å². The second kappa shape index (κ2) is 6.19. The molecule has 0 aliphatic rings. The molecule has 20 heavy (non-hydrogen) atoms. The number of thiophene rings is 2. The van der Waals surface area contributed by atoms with Crippen molar-refractivity contribution in [3.63, 3.8) is 0 Å². The zero-order chi connectivity index (χ0) is 13.8. The minimum atomic E-state index is 0.633. The Kier molecular flexibility index (Phi) is 4.13. The molecule has 0 saturated carbocycles. The monoisotopic (exact) mass is 305 g/mol. The lowest BCUT2D eigenvalue weighted by Gasteiger charge is -2.08. The van der Waals surface area contributed by atoms with Gasteiger partial charge >= 0.3 is 0 Å². The Balaban J connectivity index is 1.76. The van der Waals surface area contributed by atoms with Crippen LogP contribution < -0.4 is 10.1 Å². The maximum Gasteiger partial charge on any atom is 0.227 e. The van der Waals surface area contributed by atoms with Crippen molar-refractivity contribution in [2.24, 2.45) is 0 Å². The van der Waals surface area contributed by atoms with Gasteiger partial charge in [-0.15, -0.1) is 22.7 Å². The van der Waals surface area contributed by atoms with Crippen LogP contribution in [-0.4, -0.2) is 23.1 Å². The summed E-state index contributed by atoms with van der Waals surface area (Å²) in [5.74, 6) is 1.30. The number of nitrogens with zero attached hydrogens (tertiary/aromatic N) is 2. The first kappa shape index (κ1) is 13.3. The van der Waals surface area contributed by atoms with Crippen molar-refractivity contribution in [1.29, 1.82) is 0 Å². The third-order valence-electron chi connectivity index (χ3n) is 2.79. The van der Waals surface area contributed by atoms with Gasteiger partial charge in [0, 0.05) is 17.8 Å². The summed E-state index contributed by atoms with van der Waals surface area (Å²) in [6.07, 6.45) is 0.907. The minimum absolute atomic E-state index is 0.633. The summed E-state index contributed by atoms with van der Waals surface area (Å²) in [5, 5.41) is 8.23. The molecule has 0 unspecified atom stereocenters. The molecular formula is C14H15N3OS2. The van der Waals surface area contributed by atoms with Gasteiger partial charge in [0.25, 0.3) is 0 Å². The molecule has 0 amide bonds. The molecule has 0 aliphatic carbocycles.